The molecule has 4 N–H and O–H groups in total. The van der Waals surface area contributed by atoms with Gasteiger partial charge in [0.25, 0.3) is 11.1 Å². The number of nitrogens with zero attached hydrogens (tertiary/aromatic N) is 4. The third-order valence-corrected chi connectivity index (χ3v) is 7.63. The van der Waals surface area contributed by atoms with Crippen LogP contribution in [0.3, 0.4) is 0 Å². The first-order valence-electron chi connectivity index (χ1n) is 13.3. The van der Waals surface area contributed by atoms with Crippen LogP contribution >= 0.6 is 11.6 Å². The predicted molar refractivity (Wildman–Crippen MR) is 173 cm³/mol. The normalized spacial score (nSPS) is 11.0. The average Bonchev–Trinajstić information content (AvgIpc) is 2.96. The number of anilines is 2. The van der Waals surface area contributed by atoms with Crippen LogP contribution in [0.15, 0.2) is 82.6 Å². The van der Waals surface area contributed by atoms with E-state index in [1.807, 2.05) is 75.4 Å². The number of aryl methyl sites for hydroxylation is 5. The summed E-state index contributed by atoms with van der Waals surface area (Å²) in [6.07, 6.45) is 3.47. The van der Waals surface area contributed by atoms with Crippen molar-refractivity contribution in [1.29, 1.82) is 0 Å². The Bertz CT molecular complexity index is 1980. The number of rotatable bonds is 2. The van der Waals surface area contributed by atoms with Crippen molar-refractivity contribution in [3.63, 3.8) is 0 Å². The van der Waals surface area contributed by atoms with Gasteiger partial charge in [-0.1, -0.05) is 23.7 Å². The van der Waals surface area contributed by atoms with E-state index in [2.05, 4.69) is 9.97 Å². The summed E-state index contributed by atoms with van der Waals surface area (Å²) in [7, 11) is 3.52. The van der Waals surface area contributed by atoms with Crippen molar-refractivity contribution in [3.05, 3.63) is 116 Å². The lowest BCUT2D eigenvalue weighted by molar-refractivity contribution is 0.905. The zero-order chi connectivity index (χ0) is 30.3. The Balaban J connectivity index is 0.000000168. The molecule has 0 radical (unpaired) electrons. The van der Waals surface area contributed by atoms with Gasteiger partial charge in [-0.25, -0.2) is 4.98 Å². The van der Waals surface area contributed by atoms with E-state index in [9.17, 15) is 9.59 Å². The first-order valence-corrected chi connectivity index (χ1v) is 13.7. The Morgan fingerprint density at radius 2 is 1.07 bits per heavy atom. The highest BCUT2D eigenvalue weighted by molar-refractivity contribution is 6.30. The third-order valence-electron chi connectivity index (χ3n) is 7.42. The Hall–Kier alpha value is -4.95. The molecule has 0 amide bonds. The van der Waals surface area contributed by atoms with E-state index in [1.54, 1.807) is 41.7 Å². The zero-order valence-electron chi connectivity index (χ0n) is 24.1. The number of nitrogens with two attached hydrogens (primary N) is 2. The summed E-state index contributed by atoms with van der Waals surface area (Å²) < 4.78 is 3.25. The van der Waals surface area contributed by atoms with Gasteiger partial charge in [-0.2, -0.15) is 0 Å². The van der Waals surface area contributed by atoms with Gasteiger partial charge in [0.05, 0.1) is 11.0 Å². The Morgan fingerprint density at radius 3 is 1.57 bits per heavy atom. The van der Waals surface area contributed by atoms with Crippen molar-refractivity contribution in [1.82, 2.24) is 19.1 Å². The molecule has 0 unspecified atom stereocenters. The quantitative estimate of drug-likeness (QED) is 0.193. The number of benzene rings is 2. The second kappa shape index (κ2) is 11.1. The third kappa shape index (κ3) is 5.36. The fourth-order valence-corrected chi connectivity index (χ4v) is 5.20. The van der Waals surface area contributed by atoms with Gasteiger partial charge in [0.2, 0.25) is 0 Å². The number of nitrogen functional groups attached to an aromatic ring is 2. The van der Waals surface area contributed by atoms with Crippen molar-refractivity contribution in [2.24, 2.45) is 14.1 Å². The highest BCUT2D eigenvalue weighted by Crippen LogP contribution is 2.27. The van der Waals surface area contributed by atoms with Crippen LogP contribution in [-0.4, -0.2) is 19.1 Å². The van der Waals surface area contributed by atoms with E-state index in [4.69, 9.17) is 23.1 Å². The van der Waals surface area contributed by atoms with Crippen LogP contribution in [0.1, 0.15) is 16.8 Å². The molecule has 0 bridgehead atoms. The molecule has 6 rings (SSSR count). The molecule has 4 heterocycles. The molecule has 0 aliphatic heterocycles. The topological polar surface area (TPSA) is 122 Å². The van der Waals surface area contributed by atoms with Crippen LogP contribution in [0.2, 0.25) is 5.15 Å². The molecule has 0 saturated carbocycles. The minimum absolute atomic E-state index is 0.0261. The lowest BCUT2D eigenvalue weighted by Crippen LogP contribution is -2.19. The van der Waals surface area contributed by atoms with Crippen molar-refractivity contribution in [2.75, 3.05) is 11.5 Å². The molecular formula is C33H31ClN6O2. The SMILES string of the molecule is Cc1cc2c(cn1)cc(-c1cc(N)ccc1C)c(=O)n2C.Cc1ccc(N)cc1-c1cc2cnc(Cl)cc2n(C)c1=O. The molecule has 2 aromatic carbocycles. The van der Waals surface area contributed by atoms with Crippen molar-refractivity contribution < 1.29 is 0 Å². The summed E-state index contributed by atoms with van der Waals surface area (Å²) in [5.74, 6) is 0. The molecule has 9 heteroatoms. The maximum Gasteiger partial charge on any atom is 0.258 e. The number of hydrogen-bond acceptors (Lipinski definition) is 6. The van der Waals surface area contributed by atoms with Gasteiger partial charge in [-0.05, 0) is 91.6 Å². The fourth-order valence-electron chi connectivity index (χ4n) is 5.05. The Morgan fingerprint density at radius 1 is 0.619 bits per heavy atom. The molecule has 4 aromatic heterocycles. The van der Waals surface area contributed by atoms with Gasteiger partial charge in [0.1, 0.15) is 5.15 Å². The first kappa shape index (κ1) is 28.6. The zero-order valence-corrected chi connectivity index (χ0v) is 24.8. The molecule has 0 atom stereocenters. The van der Waals surface area contributed by atoms with Crippen LogP contribution in [0.5, 0.6) is 0 Å². The van der Waals surface area contributed by atoms with E-state index >= 15 is 0 Å². The average molecular weight is 579 g/mol. The van der Waals surface area contributed by atoms with Gasteiger partial charge in [-0.15, -0.1) is 0 Å². The number of fused-ring (bicyclic) bond motifs is 2. The molecule has 212 valence electrons. The fraction of sp³-hybridized carbons (Fsp3) is 0.152. The van der Waals surface area contributed by atoms with Gasteiger partial charge in [-0.3, -0.25) is 14.6 Å². The molecule has 0 aliphatic carbocycles. The van der Waals surface area contributed by atoms with E-state index in [1.165, 1.54) is 0 Å². The number of aromatic nitrogens is 4. The second-order valence-electron chi connectivity index (χ2n) is 10.4. The van der Waals surface area contributed by atoms with Gasteiger partial charge >= 0.3 is 0 Å². The van der Waals surface area contributed by atoms with E-state index in [-0.39, 0.29) is 11.1 Å². The van der Waals surface area contributed by atoms with Crippen LogP contribution in [0.4, 0.5) is 11.4 Å². The van der Waals surface area contributed by atoms with Gasteiger partial charge in [0, 0.05) is 65.5 Å². The van der Waals surface area contributed by atoms with Gasteiger partial charge < -0.3 is 20.6 Å². The Labute approximate surface area is 247 Å². The van der Waals surface area contributed by atoms with E-state index < -0.39 is 0 Å². The second-order valence-corrected chi connectivity index (χ2v) is 10.8. The van der Waals surface area contributed by atoms with Crippen molar-refractivity contribution >= 4 is 44.8 Å². The van der Waals surface area contributed by atoms with Crippen molar-refractivity contribution in [2.45, 2.75) is 20.8 Å². The molecule has 0 saturated heterocycles. The van der Waals surface area contributed by atoms with Crippen LogP contribution in [-0.2, 0) is 14.1 Å². The summed E-state index contributed by atoms with van der Waals surface area (Å²) in [4.78, 5) is 33.7. The monoisotopic (exact) mass is 578 g/mol. The number of halogens is 1. The number of pyridine rings is 4. The molecule has 42 heavy (non-hydrogen) atoms. The molecular weight excluding hydrogens is 548 g/mol. The molecule has 6 aromatic rings. The smallest absolute Gasteiger partial charge is 0.258 e. The highest BCUT2D eigenvalue weighted by Gasteiger charge is 2.13. The van der Waals surface area contributed by atoms with Crippen molar-refractivity contribution in [3.8, 4) is 22.3 Å². The minimum Gasteiger partial charge on any atom is -0.399 e. The van der Waals surface area contributed by atoms with E-state index in [0.29, 0.717) is 27.7 Å². The summed E-state index contributed by atoms with van der Waals surface area (Å²) in [6, 6.07) is 18.5. The summed E-state index contributed by atoms with van der Waals surface area (Å²) in [5.41, 5.74) is 20.4. The van der Waals surface area contributed by atoms with Gasteiger partial charge in [0.15, 0.2) is 0 Å². The predicted octanol–water partition coefficient (Wildman–Crippen LogP) is 5.94. The summed E-state index contributed by atoms with van der Waals surface area (Å²) >= 11 is 5.90. The molecule has 0 fully saturated rings. The standard InChI is InChI=1S/C17H17N3O.C16H14ClN3O/c1-10-4-5-13(18)8-14(10)15-7-12-9-19-11(2)6-16(12)20(3)17(15)21;1-9-3-4-11(18)6-12(9)13-5-10-8-19-15(17)7-14(10)20(2)16(13)21/h4-9H,18H2,1-3H3;3-8H,18H2,1-2H3. The molecule has 0 aliphatic rings. The first-order chi connectivity index (χ1) is 19.9. The number of hydrogen-bond donors (Lipinski definition) is 2. The van der Waals surface area contributed by atoms with E-state index in [0.717, 1.165) is 49.8 Å². The molecule has 0 spiro atoms. The van der Waals surface area contributed by atoms with Crippen LogP contribution in [0.25, 0.3) is 44.1 Å². The maximum absolute atomic E-state index is 12.7. The minimum atomic E-state index is -0.0848. The molecule has 8 nitrogen and oxygen atoms in total. The maximum atomic E-state index is 12.7. The summed E-state index contributed by atoms with van der Waals surface area (Å²) in [6.45, 7) is 5.85. The lowest BCUT2D eigenvalue weighted by Gasteiger charge is -2.11. The summed E-state index contributed by atoms with van der Waals surface area (Å²) in [5, 5.41) is 2.17. The lowest BCUT2D eigenvalue weighted by atomic mass is 10.00. The van der Waals surface area contributed by atoms with Crippen LogP contribution < -0.4 is 22.6 Å². The highest BCUT2D eigenvalue weighted by atomic mass is 35.5. The van der Waals surface area contributed by atoms with Crippen LogP contribution in [0, 0.1) is 20.8 Å². The largest absolute Gasteiger partial charge is 0.399 e. The Kier molecular flexibility index (Phi) is 7.58.